The average molecular weight is 232 g/mol. The van der Waals surface area contributed by atoms with Crippen molar-refractivity contribution in [3.05, 3.63) is 29.7 Å². The molecular formula is C11H12N4O2. The molecule has 2 rings (SSSR count). The molecule has 0 N–H and O–H groups in total. The summed E-state index contributed by atoms with van der Waals surface area (Å²) in [6.45, 7) is 1.85. The van der Waals surface area contributed by atoms with Gasteiger partial charge in [0.15, 0.2) is 5.69 Å². The topological polar surface area (TPSA) is 69.9 Å². The molecule has 0 saturated heterocycles. The Labute approximate surface area is 98.2 Å². The van der Waals surface area contributed by atoms with Crippen molar-refractivity contribution in [2.45, 2.75) is 6.92 Å². The number of hydrogen-bond donors (Lipinski definition) is 0. The van der Waals surface area contributed by atoms with Crippen molar-refractivity contribution >= 4 is 5.97 Å². The van der Waals surface area contributed by atoms with E-state index in [4.69, 9.17) is 4.74 Å². The molecule has 2 aromatic heterocycles. The predicted octanol–water partition coefficient (Wildman–Crippen LogP) is 0.972. The van der Waals surface area contributed by atoms with Crippen molar-refractivity contribution in [1.29, 1.82) is 0 Å². The highest BCUT2D eigenvalue weighted by molar-refractivity contribution is 5.94. The summed E-state index contributed by atoms with van der Waals surface area (Å²) in [4.78, 5) is 11.6. The minimum Gasteiger partial charge on any atom is -0.464 e. The van der Waals surface area contributed by atoms with Gasteiger partial charge in [-0.25, -0.2) is 4.79 Å². The van der Waals surface area contributed by atoms with E-state index in [9.17, 15) is 4.79 Å². The number of aryl methyl sites for hydroxylation is 2. The summed E-state index contributed by atoms with van der Waals surface area (Å²) in [5.74, 6) is -0.442. The van der Waals surface area contributed by atoms with Gasteiger partial charge in [0.25, 0.3) is 0 Å². The van der Waals surface area contributed by atoms with Gasteiger partial charge in [0.2, 0.25) is 0 Å². The largest absolute Gasteiger partial charge is 0.464 e. The summed E-state index contributed by atoms with van der Waals surface area (Å²) >= 11 is 0. The second-order valence-corrected chi connectivity index (χ2v) is 3.58. The molecule has 0 bridgehead atoms. The Morgan fingerprint density at radius 1 is 1.35 bits per heavy atom. The number of rotatable bonds is 2. The summed E-state index contributed by atoms with van der Waals surface area (Å²) in [6, 6.07) is 3.63. The van der Waals surface area contributed by atoms with Crippen molar-refractivity contribution < 1.29 is 9.53 Å². The number of esters is 1. The SMILES string of the molecule is COC(=O)c1c(-c2ccc(C)nn2)cnn1C. The molecule has 17 heavy (non-hydrogen) atoms. The molecule has 2 heterocycles. The van der Waals surface area contributed by atoms with Gasteiger partial charge in [0.05, 0.1) is 30.3 Å². The van der Waals surface area contributed by atoms with Gasteiger partial charge in [-0.3, -0.25) is 4.68 Å². The third kappa shape index (κ3) is 2.01. The van der Waals surface area contributed by atoms with E-state index in [1.54, 1.807) is 19.3 Å². The van der Waals surface area contributed by atoms with Crippen LogP contribution in [-0.2, 0) is 11.8 Å². The van der Waals surface area contributed by atoms with Crippen LogP contribution in [0.2, 0.25) is 0 Å². The molecule has 0 radical (unpaired) electrons. The normalized spacial score (nSPS) is 10.3. The van der Waals surface area contributed by atoms with Gasteiger partial charge in [-0.05, 0) is 19.1 Å². The number of carbonyl (C=O) groups is 1. The van der Waals surface area contributed by atoms with Gasteiger partial charge in [0.1, 0.15) is 0 Å². The van der Waals surface area contributed by atoms with Crippen LogP contribution < -0.4 is 0 Å². The average Bonchev–Trinajstić information content (AvgIpc) is 2.71. The zero-order valence-electron chi connectivity index (χ0n) is 9.84. The van der Waals surface area contributed by atoms with E-state index in [-0.39, 0.29) is 0 Å². The monoisotopic (exact) mass is 232 g/mol. The second kappa shape index (κ2) is 4.32. The number of carbonyl (C=O) groups excluding carboxylic acids is 1. The van der Waals surface area contributed by atoms with Gasteiger partial charge in [0, 0.05) is 7.05 Å². The lowest BCUT2D eigenvalue weighted by atomic mass is 10.1. The molecule has 0 aliphatic heterocycles. The van der Waals surface area contributed by atoms with Crippen LogP contribution in [0.4, 0.5) is 0 Å². The summed E-state index contributed by atoms with van der Waals surface area (Å²) in [6.07, 6.45) is 1.58. The molecule has 0 aliphatic carbocycles. The maximum Gasteiger partial charge on any atom is 0.357 e. The van der Waals surface area contributed by atoms with E-state index in [1.807, 2.05) is 13.0 Å². The Morgan fingerprint density at radius 2 is 2.12 bits per heavy atom. The first-order chi connectivity index (χ1) is 8.13. The summed E-state index contributed by atoms with van der Waals surface area (Å²) in [5.41, 5.74) is 2.40. The highest BCUT2D eigenvalue weighted by Crippen LogP contribution is 2.21. The van der Waals surface area contributed by atoms with Crippen molar-refractivity contribution in [2.24, 2.45) is 7.05 Å². The maximum atomic E-state index is 11.6. The van der Waals surface area contributed by atoms with E-state index in [0.717, 1.165) is 5.69 Å². The summed E-state index contributed by atoms with van der Waals surface area (Å²) < 4.78 is 6.17. The third-order valence-electron chi connectivity index (χ3n) is 2.39. The first-order valence-corrected chi connectivity index (χ1v) is 5.04. The van der Waals surface area contributed by atoms with Crippen LogP contribution in [0.3, 0.4) is 0 Å². The third-order valence-corrected chi connectivity index (χ3v) is 2.39. The fourth-order valence-electron chi connectivity index (χ4n) is 1.51. The zero-order valence-corrected chi connectivity index (χ0v) is 9.84. The smallest absolute Gasteiger partial charge is 0.357 e. The highest BCUT2D eigenvalue weighted by Gasteiger charge is 2.19. The minimum absolute atomic E-state index is 0.366. The van der Waals surface area contributed by atoms with Crippen molar-refractivity contribution in [3.8, 4) is 11.3 Å². The number of aromatic nitrogens is 4. The van der Waals surface area contributed by atoms with Crippen LogP contribution >= 0.6 is 0 Å². The molecule has 6 heteroatoms. The first kappa shape index (κ1) is 11.3. The van der Waals surface area contributed by atoms with Gasteiger partial charge in [-0.2, -0.15) is 15.3 Å². The highest BCUT2D eigenvalue weighted by atomic mass is 16.5. The first-order valence-electron chi connectivity index (χ1n) is 5.04. The molecular weight excluding hydrogens is 220 g/mol. The molecule has 0 spiro atoms. The maximum absolute atomic E-state index is 11.6. The van der Waals surface area contributed by atoms with E-state index >= 15 is 0 Å². The molecule has 6 nitrogen and oxygen atoms in total. The molecule has 88 valence electrons. The van der Waals surface area contributed by atoms with Crippen LogP contribution in [0.1, 0.15) is 16.2 Å². The lowest BCUT2D eigenvalue weighted by molar-refractivity contribution is 0.0589. The summed E-state index contributed by atoms with van der Waals surface area (Å²) in [5, 5.41) is 12.0. The Morgan fingerprint density at radius 3 is 2.71 bits per heavy atom. The minimum atomic E-state index is -0.442. The Balaban J connectivity index is 2.52. The molecule has 0 unspecified atom stereocenters. The van der Waals surface area contributed by atoms with Gasteiger partial charge in [-0.1, -0.05) is 0 Å². The van der Waals surface area contributed by atoms with Crippen LogP contribution in [-0.4, -0.2) is 33.1 Å². The van der Waals surface area contributed by atoms with Crippen molar-refractivity contribution in [1.82, 2.24) is 20.0 Å². The van der Waals surface area contributed by atoms with Crippen LogP contribution in [0.25, 0.3) is 11.3 Å². The Bertz CT molecular complexity index is 545. The molecule has 0 aliphatic rings. The molecule has 0 fully saturated rings. The molecule has 0 amide bonds. The van der Waals surface area contributed by atoms with Gasteiger partial charge < -0.3 is 4.74 Å². The zero-order chi connectivity index (χ0) is 12.4. The molecule has 0 atom stereocenters. The second-order valence-electron chi connectivity index (χ2n) is 3.58. The number of hydrogen-bond acceptors (Lipinski definition) is 5. The van der Waals surface area contributed by atoms with Crippen LogP contribution in [0.5, 0.6) is 0 Å². The number of methoxy groups -OCH3 is 1. The van der Waals surface area contributed by atoms with E-state index in [2.05, 4.69) is 15.3 Å². The molecule has 0 aromatic carbocycles. The van der Waals surface area contributed by atoms with Gasteiger partial charge in [-0.15, -0.1) is 0 Å². The Kier molecular flexibility index (Phi) is 2.86. The van der Waals surface area contributed by atoms with Gasteiger partial charge >= 0.3 is 5.97 Å². The van der Waals surface area contributed by atoms with Crippen molar-refractivity contribution in [2.75, 3.05) is 7.11 Å². The van der Waals surface area contributed by atoms with E-state index < -0.39 is 5.97 Å². The molecule has 2 aromatic rings. The van der Waals surface area contributed by atoms with E-state index in [1.165, 1.54) is 11.8 Å². The fourth-order valence-corrected chi connectivity index (χ4v) is 1.51. The van der Waals surface area contributed by atoms with E-state index in [0.29, 0.717) is 17.0 Å². The Hall–Kier alpha value is -2.24. The van der Waals surface area contributed by atoms with Crippen LogP contribution in [0, 0.1) is 6.92 Å². The quantitative estimate of drug-likeness (QED) is 0.721. The molecule has 0 saturated carbocycles. The van der Waals surface area contributed by atoms with Crippen LogP contribution in [0.15, 0.2) is 18.3 Å². The summed E-state index contributed by atoms with van der Waals surface area (Å²) in [7, 11) is 3.01. The standard InChI is InChI=1S/C11H12N4O2/c1-7-4-5-9(14-13-7)8-6-12-15(2)10(8)11(16)17-3/h4-6H,1-3H3. The number of ether oxygens (including phenoxy) is 1. The predicted molar refractivity (Wildman–Crippen MR) is 60.3 cm³/mol. The fraction of sp³-hybridized carbons (Fsp3) is 0.273. The number of nitrogens with zero attached hydrogens (tertiary/aromatic N) is 4. The lowest BCUT2D eigenvalue weighted by Crippen LogP contribution is -2.10. The lowest BCUT2D eigenvalue weighted by Gasteiger charge is -2.03. The van der Waals surface area contributed by atoms with Crippen molar-refractivity contribution in [3.63, 3.8) is 0 Å².